The van der Waals surface area contributed by atoms with Crippen LogP contribution in [0.1, 0.15) is 42.1 Å². The fourth-order valence-corrected chi connectivity index (χ4v) is 3.27. The molecule has 0 aliphatic rings. The largest absolute Gasteiger partial charge is 0.436 e. The molecule has 1 N–H and O–H groups in total. The minimum absolute atomic E-state index is 0.129. The lowest BCUT2D eigenvalue weighted by atomic mass is 9.98. The Balaban J connectivity index is 1.52. The highest BCUT2D eigenvalue weighted by Gasteiger charge is 2.13. The number of carbonyl (C=O) groups is 1. The summed E-state index contributed by atoms with van der Waals surface area (Å²) >= 11 is 0. The van der Waals surface area contributed by atoms with E-state index >= 15 is 0 Å². The predicted octanol–water partition coefficient (Wildman–Crippen LogP) is 6.17. The summed E-state index contributed by atoms with van der Waals surface area (Å²) in [5.74, 6) is 0.544. The molecule has 1 amide bonds. The van der Waals surface area contributed by atoms with E-state index in [0.29, 0.717) is 17.5 Å². The standard InChI is InChI=1S/C24H21N3O4/c1-3-15(2)17-9-12-22-21(14-17)26-24(31-22)16-7-10-19(11-8-16)25-23(28)18-5-4-6-20(13-18)27(29)30/h4-15H,3H2,1-2H3,(H,25,28). The fourth-order valence-electron chi connectivity index (χ4n) is 3.27. The number of nitrogens with zero attached hydrogens (tertiary/aromatic N) is 2. The number of hydrogen-bond acceptors (Lipinski definition) is 5. The van der Waals surface area contributed by atoms with Gasteiger partial charge in [-0.05, 0) is 60.4 Å². The molecule has 0 fully saturated rings. The van der Waals surface area contributed by atoms with E-state index < -0.39 is 10.8 Å². The number of hydrogen-bond donors (Lipinski definition) is 1. The highest BCUT2D eigenvalue weighted by atomic mass is 16.6. The van der Waals surface area contributed by atoms with E-state index in [-0.39, 0.29) is 11.3 Å². The van der Waals surface area contributed by atoms with Crippen LogP contribution in [0.5, 0.6) is 0 Å². The molecule has 3 aromatic carbocycles. The molecule has 0 saturated heterocycles. The van der Waals surface area contributed by atoms with Gasteiger partial charge in [0.1, 0.15) is 5.52 Å². The highest BCUT2D eigenvalue weighted by molar-refractivity contribution is 6.04. The van der Waals surface area contributed by atoms with Gasteiger partial charge in [0.25, 0.3) is 11.6 Å². The van der Waals surface area contributed by atoms with Gasteiger partial charge in [0.05, 0.1) is 4.92 Å². The third kappa shape index (κ3) is 4.30. The van der Waals surface area contributed by atoms with Gasteiger partial charge in [0, 0.05) is 28.9 Å². The first-order valence-corrected chi connectivity index (χ1v) is 10.0. The molecule has 0 aliphatic heterocycles. The first-order valence-electron chi connectivity index (χ1n) is 10.0. The normalized spacial score (nSPS) is 11.9. The lowest BCUT2D eigenvalue weighted by molar-refractivity contribution is -0.384. The fraction of sp³-hybridized carbons (Fsp3) is 0.167. The summed E-state index contributed by atoms with van der Waals surface area (Å²) < 4.78 is 5.89. The molecular weight excluding hydrogens is 394 g/mol. The third-order valence-corrected chi connectivity index (χ3v) is 5.30. The van der Waals surface area contributed by atoms with Gasteiger partial charge < -0.3 is 9.73 Å². The van der Waals surface area contributed by atoms with Crippen molar-refractivity contribution in [2.24, 2.45) is 0 Å². The maximum Gasteiger partial charge on any atom is 0.270 e. The van der Waals surface area contributed by atoms with Gasteiger partial charge in [0.2, 0.25) is 5.89 Å². The van der Waals surface area contributed by atoms with Gasteiger partial charge in [-0.3, -0.25) is 14.9 Å². The number of rotatable bonds is 6. The Morgan fingerprint density at radius 3 is 2.61 bits per heavy atom. The quantitative estimate of drug-likeness (QED) is 0.300. The Hall–Kier alpha value is -4.00. The monoisotopic (exact) mass is 415 g/mol. The maximum absolute atomic E-state index is 12.4. The number of fused-ring (bicyclic) bond motifs is 1. The number of carbonyl (C=O) groups excluding carboxylic acids is 1. The molecule has 0 bridgehead atoms. The molecule has 0 spiro atoms. The molecule has 4 aromatic rings. The Morgan fingerprint density at radius 1 is 1.13 bits per heavy atom. The average Bonchev–Trinajstić information content (AvgIpc) is 3.22. The number of nitrogens with one attached hydrogen (secondary N) is 1. The third-order valence-electron chi connectivity index (χ3n) is 5.30. The lowest BCUT2D eigenvalue weighted by Gasteiger charge is -2.07. The molecule has 1 aromatic heterocycles. The van der Waals surface area contributed by atoms with Crippen LogP contribution in [0.15, 0.2) is 71.1 Å². The van der Waals surface area contributed by atoms with E-state index in [1.807, 2.05) is 18.2 Å². The molecule has 7 nitrogen and oxygen atoms in total. The number of oxazole rings is 1. The second-order valence-corrected chi connectivity index (χ2v) is 7.39. The number of aromatic nitrogens is 1. The summed E-state index contributed by atoms with van der Waals surface area (Å²) in [6.07, 6.45) is 1.06. The SMILES string of the molecule is CCC(C)c1ccc2oc(-c3ccc(NC(=O)c4cccc([N+](=O)[O-])c4)cc3)nc2c1. The molecule has 31 heavy (non-hydrogen) atoms. The topological polar surface area (TPSA) is 98.3 Å². The van der Waals surface area contributed by atoms with Gasteiger partial charge in [-0.15, -0.1) is 0 Å². The Labute approximate surface area is 178 Å². The van der Waals surface area contributed by atoms with Crippen LogP contribution in [0, 0.1) is 10.1 Å². The van der Waals surface area contributed by atoms with Crippen molar-refractivity contribution in [1.82, 2.24) is 4.98 Å². The van der Waals surface area contributed by atoms with Crippen molar-refractivity contribution in [3.8, 4) is 11.5 Å². The summed E-state index contributed by atoms with van der Waals surface area (Å²) in [5.41, 5.74) is 4.21. The smallest absolute Gasteiger partial charge is 0.270 e. The lowest BCUT2D eigenvalue weighted by Crippen LogP contribution is -2.11. The molecule has 7 heteroatoms. The Kier molecular flexibility index (Phi) is 5.49. The second-order valence-electron chi connectivity index (χ2n) is 7.39. The van der Waals surface area contributed by atoms with Crippen LogP contribution in [-0.2, 0) is 0 Å². The van der Waals surface area contributed by atoms with E-state index in [0.717, 1.165) is 23.1 Å². The van der Waals surface area contributed by atoms with Crippen LogP contribution in [0.4, 0.5) is 11.4 Å². The second kappa shape index (κ2) is 8.39. The summed E-state index contributed by atoms with van der Waals surface area (Å²) in [5, 5.41) is 13.6. The van der Waals surface area contributed by atoms with Crippen molar-refractivity contribution >= 4 is 28.4 Å². The van der Waals surface area contributed by atoms with E-state index in [2.05, 4.69) is 36.3 Å². The van der Waals surface area contributed by atoms with E-state index in [1.165, 1.54) is 29.8 Å². The molecular formula is C24H21N3O4. The predicted molar refractivity (Wildman–Crippen MR) is 119 cm³/mol. The Morgan fingerprint density at radius 2 is 1.90 bits per heavy atom. The molecule has 156 valence electrons. The molecule has 0 aliphatic carbocycles. The summed E-state index contributed by atoms with van der Waals surface area (Å²) in [4.78, 5) is 27.4. The zero-order valence-electron chi connectivity index (χ0n) is 17.2. The van der Waals surface area contributed by atoms with Crippen molar-refractivity contribution in [3.63, 3.8) is 0 Å². The number of anilines is 1. The number of nitro groups is 1. The maximum atomic E-state index is 12.4. The number of amides is 1. The van der Waals surface area contributed by atoms with E-state index in [9.17, 15) is 14.9 Å². The highest BCUT2D eigenvalue weighted by Crippen LogP contribution is 2.28. The van der Waals surface area contributed by atoms with Crippen molar-refractivity contribution in [2.45, 2.75) is 26.2 Å². The molecule has 4 rings (SSSR count). The number of nitro benzene ring substituents is 1. The van der Waals surface area contributed by atoms with Gasteiger partial charge in [-0.25, -0.2) is 4.98 Å². The molecule has 0 saturated carbocycles. The zero-order valence-corrected chi connectivity index (χ0v) is 17.2. The Bertz CT molecular complexity index is 1260. The molecule has 0 radical (unpaired) electrons. The van der Waals surface area contributed by atoms with Crippen molar-refractivity contribution in [3.05, 3.63) is 88.0 Å². The van der Waals surface area contributed by atoms with Crippen LogP contribution >= 0.6 is 0 Å². The summed E-state index contributed by atoms with van der Waals surface area (Å²) in [7, 11) is 0. The van der Waals surface area contributed by atoms with Crippen LogP contribution in [0.25, 0.3) is 22.6 Å². The van der Waals surface area contributed by atoms with Crippen LogP contribution < -0.4 is 5.32 Å². The summed E-state index contributed by atoms with van der Waals surface area (Å²) in [6, 6.07) is 18.8. The first kappa shape index (κ1) is 20.3. The first-order chi connectivity index (χ1) is 14.9. The number of non-ortho nitro benzene ring substituents is 1. The zero-order chi connectivity index (χ0) is 22.0. The minimum atomic E-state index is -0.530. The van der Waals surface area contributed by atoms with Crippen LogP contribution in [-0.4, -0.2) is 15.8 Å². The van der Waals surface area contributed by atoms with Gasteiger partial charge in [-0.2, -0.15) is 0 Å². The van der Waals surface area contributed by atoms with Crippen molar-refractivity contribution in [2.75, 3.05) is 5.32 Å². The molecule has 1 atom stereocenters. The van der Waals surface area contributed by atoms with Gasteiger partial charge >= 0.3 is 0 Å². The van der Waals surface area contributed by atoms with Crippen LogP contribution in [0.3, 0.4) is 0 Å². The molecule has 1 unspecified atom stereocenters. The number of benzene rings is 3. The van der Waals surface area contributed by atoms with Gasteiger partial charge in [0.15, 0.2) is 5.58 Å². The van der Waals surface area contributed by atoms with E-state index in [4.69, 9.17) is 4.42 Å². The summed E-state index contributed by atoms with van der Waals surface area (Å²) in [6.45, 7) is 4.34. The average molecular weight is 415 g/mol. The van der Waals surface area contributed by atoms with Crippen molar-refractivity contribution < 1.29 is 14.1 Å². The molecule has 1 heterocycles. The minimum Gasteiger partial charge on any atom is -0.436 e. The van der Waals surface area contributed by atoms with Gasteiger partial charge in [-0.1, -0.05) is 26.0 Å². The van der Waals surface area contributed by atoms with Crippen LogP contribution in [0.2, 0.25) is 0 Å². The van der Waals surface area contributed by atoms with E-state index in [1.54, 1.807) is 12.1 Å². The van der Waals surface area contributed by atoms with Crippen molar-refractivity contribution in [1.29, 1.82) is 0 Å².